The van der Waals surface area contributed by atoms with Crippen LogP contribution in [0.5, 0.6) is 0 Å². The molecule has 0 aliphatic carbocycles. The first-order chi connectivity index (χ1) is 23.2. The zero-order valence-electron chi connectivity index (χ0n) is 26.5. The molecule has 1 aliphatic heterocycles. The number of carbonyl (C=O) groups excluding carboxylic acids is 1. The Bertz CT molecular complexity index is 2710. The normalized spacial score (nSPS) is 12.8. The molecule has 3 N–H and O–H groups in total. The summed E-state index contributed by atoms with van der Waals surface area (Å²) >= 11 is 0. The van der Waals surface area contributed by atoms with Crippen LogP contribution in [0.2, 0.25) is 0 Å². The molecule has 0 unspecified atom stereocenters. The summed E-state index contributed by atoms with van der Waals surface area (Å²) in [6.07, 6.45) is 0. The van der Waals surface area contributed by atoms with Gasteiger partial charge in [0.25, 0.3) is 37.1 Å². The molecule has 16 heteroatoms. The van der Waals surface area contributed by atoms with Gasteiger partial charge in [0.2, 0.25) is 0 Å². The number of amides is 1. The van der Waals surface area contributed by atoms with Gasteiger partial charge < -0.3 is 5.32 Å². The van der Waals surface area contributed by atoms with E-state index in [1.807, 2.05) is 0 Å². The summed E-state index contributed by atoms with van der Waals surface area (Å²) in [6.45, 7) is 3.13. The largest absolute Gasteiger partial charge is 0.320 e. The second-order valence-corrected chi connectivity index (χ2v) is 14.8. The molecular formula is C33H29N7O7S2. The van der Waals surface area contributed by atoms with Crippen LogP contribution in [-0.4, -0.2) is 41.5 Å². The van der Waals surface area contributed by atoms with Crippen molar-refractivity contribution in [3.63, 3.8) is 0 Å². The number of para-hydroxylation sites is 2. The second-order valence-electron chi connectivity index (χ2n) is 11.5. The zero-order valence-corrected chi connectivity index (χ0v) is 28.2. The molecule has 3 heterocycles. The van der Waals surface area contributed by atoms with E-state index in [-0.39, 0.29) is 39.1 Å². The van der Waals surface area contributed by atoms with Gasteiger partial charge in [-0.15, -0.1) is 0 Å². The second kappa shape index (κ2) is 11.1. The molecule has 0 spiro atoms. The van der Waals surface area contributed by atoms with Crippen molar-refractivity contribution >= 4 is 53.8 Å². The van der Waals surface area contributed by atoms with Gasteiger partial charge in [0.15, 0.2) is 0 Å². The molecule has 6 aromatic rings. The summed E-state index contributed by atoms with van der Waals surface area (Å²) in [5.74, 6) is -0.633. The standard InChI is InChI=1S/C33H29N7O7S2/c1-19-28(32(42)39(37(19)3)21-12-7-5-8-13-21)35-48(44,45)25-18-26(30-27-23(25)16-11-17-24(27)31(41)34-30)49(46,47)36-29-20(2)38(4)40(33(29)43)22-14-9-6-10-15-22/h5-18,35-36H,1-4H3,(H,34,41). The highest BCUT2D eigenvalue weighted by Crippen LogP contribution is 2.42. The van der Waals surface area contributed by atoms with Crippen LogP contribution in [0.3, 0.4) is 0 Å². The van der Waals surface area contributed by atoms with E-state index >= 15 is 0 Å². The highest BCUT2D eigenvalue weighted by Gasteiger charge is 2.35. The van der Waals surface area contributed by atoms with Crippen LogP contribution < -0.4 is 25.9 Å². The maximum absolute atomic E-state index is 14.2. The summed E-state index contributed by atoms with van der Waals surface area (Å²) in [5, 5.41) is 2.68. The van der Waals surface area contributed by atoms with Crippen LogP contribution in [0.15, 0.2) is 104 Å². The predicted octanol–water partition coefficient (Wildman–Crippen LogP) is 3.60. The fourth-order valence-corrected chi connectivity index (χ4v) is 8.83. The van der Waals surface area contributed by atoms with Gasteiger partial charge in [-0.3, -0.25) is 33.2 Å². The molecule has 4 aromatic carbocycles. The van der Waals surface area contributed by atoms with E-state index in [9.17, 15) is 31.2 Å². The Kier molecular flexibility index (Phi) is 7.18. The molecule has 0 radical (unpaired) electrons. The lowest BCUT2D eigenvalue weighted by molar-refractivity contribution is 0.103. The molecule has 0 saturated heterocycles. The van der Waals surface area contributed by atoms with Gasteiger partial charge in [0, 0.05) is 30.4 Å². The van der Waals surface area contributed by atoms with Crippen molar-refractivity contribution in [2.24, 2.45) is 14.1 Å². The maximum Gasteiger partial charge on any atom is 0.296 e. The van der Waals surface area contributed by atoms with Crippen molar-refractivity contribution in [2.75, 3.05) is 14.8 Å². The van der Waals surface area contributed by atoms with Crippen molar-refractivity contribution in [2.45, 2.75) is 23.6 Å². The number of hydrogen-bond acceptors (Lipinski definition) is 7. The van der Waals surface area contributed by atoms with Gasteiger partial charge in [-0.1, -0.05) is 48.5 Å². The van der Waals surface area contributed by atoms with Gasteiger partial charge >= 0.3 is 0 Å². The van der Waals surface area contributed by atoms with E-state index < -0.39 is 46.9 Å². The minimum absolute atomic E-state index is 0.0524. The van der Waals surface area contributed by atoms with Gasteiger partial charge in [-0.05, 0) is 50.2 Å². The molecule has 0 saturated carbocycles. The maximum atomic E-state index is 14.2. The highest BCUT2D eigenvalue weighted by molar-refractivity contribution is 7.93. The van der Waals surface area contributed by atoms with Crippen molar-refractivity contribution in [1.29, 1.82) is 0 Å². The minimum atomic E-state index is -4.73. The Labute approximate surface area is 279 Å². The van der Waals surface area contributed by atoms with E-state index in [1.54, 1.807) is 88.6 Å². The summed E-state index contributed by atoms with van der Waals surface area (Å²) in [6, 6.07) is 22.5. The van der Waals surface area contributed by atoms with Gasteiger partial charge in [0.1, 0.15) is 16.3 Å². The monoisotopic (exact) mass is 699 g/mol. The van der Waals surface area contributed by atoms with Crippen LogP contribution >= 0.6 is 0 Å². The lowest BCUT2D eigenvalue weighted by atomic mass is 10.1. The Morgan fingerprint density at radius 1 is 0.612 bits per heavy atom. The number of nitrogens with one attached hydrogen (secondary N) is 3. The lowest BCUT2D eigenvalue weighted by Crippen LogP contribution is -2.24. The molecule has 0 fully saturated rings. The summed E-state index contributed by atoms with van der Waals surface area (Å²) in [4.78, 5) is 39.1. The first kappa shape index (κ1) is 31.7. The molecular weight excluding hydrogens is 671 g/mol. The molecule has 0 bridgehead atoms. The highest BCUT2D eigenvalue weighted by atomic mass is 32.2. The third-order valence-electron chi connectivity index (χ3n) is 8.73. The fraction of sp³-hybridized carbons (Fsp3) is 0.121. The molecule has 0 atom stereocenters. The quantitative estimate of drug-likeness (QED) is 0.218. The molecule has 1 amide bonds. The van der Waals surface area contributed by atoms with Crippen molar-refractivity contribution < 1.29 is 21.6 Å². The lowest BCUT2D eigenvalue weighted by Gasteiger charge is -2.15. The Balaban J connectivity index is 1.39. The summed E-state index contributed by atoms with van der Waals surface area (Å²) in [5.41, 5.74) is -0.332. The van der Waals surface area contributed by atoms with E-state index in [0.717, 1.165) is 6.07 Å². The number of anilines is 3. The van der Waals surface area contributed by atoms with E-state index in [1.165, 1.54) is 36.9 Å². The summed E-state index contributed by atoms with van der Waals surface area (Å²) < 4.78 is 67.1. The van der Waals surface area contributed by atoms with Gasteiger partial charge in [-0.25, -0.2) is 26.2 Å². The van der Waals surface area contributed by atoms with E-state index in [4.69, 9.17) is 0 Å². The number of hydrogen-bond donors (Lipinski definition) is 3. The Morgan fingerprint density at radius 3 is 1.57 bits per heavy atom. The molecule has 250 valence electrons. The first-order valence-electron chi connectivity index (χ1n) is 14.9. The Hall–Kier alpha value is -5.87. The zero-order chi connectivity index (χ0) is 35.0. The summed E-state index contributed by atoms with van der Waals surface area (Å²) in [7, 11) is -6.22. The number of carbonyl (C=O) groups is 1. The van der Waals surface area contributed by atoms with Crippen molar-refractivity contribution in [3.8, 4) is 11.4 Å². The van der Waals surface area contributed by atoms with Crippen LogP contribution in [0, 0.1) is 13.8 Å². The van der Waals surface area contributed by atoms with E-state index in [2.05, 4.69) is 14.8 Å². The fourth-order valence-electron chi connectivity index (χ4n) is 6.10. The number of rotatable bonds is 8. The molecule has 7 rings (SSSR count). The van der Waals surface area contributed by atoms with Crippen molar-refractivity contribution in [3.05, 3.63) is 123 Å². The number of aromatic nitrogens is 4. The average molecular weight is 700 g/mol. The predicted molar refractivity (Wildman–Crippen MR) is 185 cm³/mol. The molecule has 1 aliphatic rings. The Morgan fingerprint density at radius 2 is 1.08 bits per heavy atom. The molecule has 49 heavy (non-hydrogen) atoms. The molecule has 14 nitrogen and oxygen atoms in total. The van der Waals surface area contributed by atoms with Gasteiger partial charge in [-0.2, -0.15) is 0 Å². The minimum Gasteiger partial charge on any atom is -0.320 e. The van der Waals surface area contributed by atoms with Crippen LogP contribution in [0.25, 0.3) is 22.1 Å². The van der Waals surface area contributed by atoms with Crippen LogP contribution in [0.1, 0.15) is 21.7 Å². The number of benzene rings is 4. The topological polar surface area (TPSA) is 175 Å². The molecule has 2 aromatic heterocycles. The third-order valence-corrected chi connectivity index (χ3v) is 11.5. The van der Waals surface area contributed by atoms with E-state index in [0.29, 0.717) is 17.1 Å². The van der Waals surface area contributed by atoms with Crippen LogP contribution in [0.4, 0.5) is 17.1 Å². The SMILES string of the molecule is Cc1c(NS(=O)(=O)c2cc(S(=O)(=O)Nc3c(C)n(C)n(-c4ccccc4)c3=O)c3cccc4c3c2NC4=O)c(=O)n(-c2ccccc2)n1C. The number of nitrogens with zero attached hydrogens (tertiary/aromatic N) is 4. The number of sulfonamides is 2. The average Bonchev–Trinajstić information content (AvgIpc) is 3.60. The first-order valence-corrected chi connectivity index (χ1v) is 17.8. The third kappa shape index (κ3) is 4.86. The van der Waals surface area contributed by atoms with Crippen LogP contribution in [-0.2, 0) is 34.1 Å². The van der Waals surface area contributed by atoms with Crippen molar-refractivity contribution in [1.82, 2.24) is 18.7 Å². The smallest absolute Gasteiger partial charge is 0.296 e. The van der Waals surface area contributed by atoms with Gasteiger partial charge in [0.05, 0.1) is 33.3 Å².